The van der Waals surface area contributed by atoms with E-state index in [4.69, 9.17) is 0 Å². The molecular formula is C11H15O. The smallest absolute Gasteiger partial charge is 0.0662 e. The van der Waals surface area contributed by atoms with Crippen LogP contribution in [0.4, 0.5) is 0 Å². The fourth-order valence-electron chi connectivity index (χ4n) is 1.98. The van der Waals surface area contributed by atoms with Gasteiger partial charge >= 0.3 is 0 Å². The summed E-state index contributed by atoms with van der Waals surface area (Å²) in [7, 11) is 0. The molecule has 2 fully saturated rings. The zero-order valence-corrected chi connectivity index (χ0v) is 7.67. The highest BCUT2D eigenvalue weighted by Gasteiger charge is 2.45. The molecule has 1 atom stereocenters. The van der Waals surface area contributed by atoms with Gasteiger partial charge in [0.2, 0.25) is 0 Å². The molecule has 65 valence electrons. The van der Waals surface area contributed by atoms with Crippen molar-refractivity contribution in [1.82, 2.24) is 0 Å². The van der Waals surface area contributed by atoms with Crippen LogP contribution in [-0.4, -0.2) is 11.2 Å². The summed E-state index contributed by atoms with van der Waals surface area (Å²) in [4.78, 5) is 0. The first-order valence-corrected chi connectivity index (χ1v) is 4.54. The lowest BCUT2D eigenvalue weighted by molar-refractivity contribution is 0.0449. The Morgan fingerprint density at radius 1 is 1.42 bits per heavy atom. The van der Waals surface area contributed by atoms with Gasteiger partial charge in [-0.1, -0.05) is 13.8 Å². The number of aliphatic hydroxyl groups excluding tert-OH is 1. The lowest BCUT2D eigenvalue weighted by Crippen LogP contribution is -2.40. The minimum absolute atomic E-state index is 0.0569. The van der Waals surface area contributed by atoms with Gasteiger partial charge in [0.25, 0.3) is 0 Å². The molecule has 2 saturated carbocycles. The second-order valence-electron chi connectivity index (χ2n) is 4.40. The van der Waals surface area contributed by atoms with Crippen molar-refractivity contribution in [2.24, 2.45) is 5.41 Å². The van der Waals surface area contributed by atoms with Crippen LogP contribution in [0.15, 0.2) is 0 Å². The van der Waals surface area contributed by atoms with Crippen molar-refractivity contribution in [2.45, 2.75) is 32.8 Å². The summed E-state index contributed by atoms with van der Waals surface area (Å²) < 4.78 is 0. The van der Waals surface area contributed by atoms with Gasteiger partial charge < -0.3 is 5.11 Å². The molecule has 2 aliphatic carbocycles. The predicted octanol–water partition coefficient (Wildman–Crippen LogP) is 1.94. The maximum absolute atomic E-state index is 9.98. The standard InChI is InChI=1S/C11H15O/c1-11(2)7-6-8-4-3-5-9(8)10(11)12/h3-5,10,12H,6-7H2,1-2H3/t10-/m0/s1. The van der Waals surface area contributed by atoms with Gasteiger partial charge in [0.15, 0.2) is 0 Å². The van der Waals surface area contributed by atoms with Crippen molar-refractivity contribution in [2.75, 3.05) is 0 Å². The number of hydrogen-bond donors (Lipinski definition) is 1. The Balaban J connectivity index is 2.13. The lowest BCUT2D eigenvalue weighted by Gasteiger charge is -2.41. The maximum Gasteiger partial charge on any atom is 0.0662 e. The number of aliphatic hydroxyl groups is 1. The predicted molar refractivity (Wildman–Crippen MR) is 48.4 cm³/mol. The van der Waals surface area contributed by atoms with Crippen molar-refractivity contribution < 1.29 is 5.11 Å². The van der Waals surface area contributed by atoms with E-state index in [0.717, 1.165) is 18.8 Å². The van der Waals surface area contributed by atoms with Gasteiger partial charge in [0.1, 0.15) is 0 Å². The first-order valence-electron chi connectivity index (χ1n) is 4.54. The number of fused-ring (bicyclic) bond motifs is 1. The zero-order chi connectivity index (χ0) is 8.77. The largest absolute Gasteiger partial charge is 0.392 e. The van der Waals surface area contributed by atoms with Crippen molar-refractivity contribution >= 4 is 0 Å². The van der Waals surface area contributed by atoms with E-state index in [9.17, 15) is 5.11 Å². The Kier molecular flexibility index (Phi) is 1.95. The first kappa shape index (κ1) is 8.55. The van der Waals surface area contributed by atoms with Crippen molar-refractivity contribution in [3.63, 3.8) is 0 Å². The van der Waals surface area contributed by atoms with Crippen LogP contribution in [0.2, 0.25) is 0 Å². The molecule has 0 bridgehead atoms. The van der Waals surface area contributed by atoms with Crippen LogP contribution in [0.25, 0.3) is 0 Å². The Morgan fingerprint density at radius 3 is 2.92 bits per heavy atom. The zero-order valence-electron chi connectivity index (χ0n) is 7.67. The highest BCUT2D eigenvalue weighted by atomic mass is 16.3. The van der Waals surface area contributed by atoms with Crippen molar-refractivity contribution in [3.8, 4) is 0 Å². The van der Waals surface area contributed by atoms with E-state index in [0.29, 0.717) is 0 Å². The summed E-state index contributed by atoms with van der Waals surface area (Å²) >= 11 is 0. The van der Waals surface area contributed by atoms with Crippen LogP contribution in [0.1, 0.15) is 26.7 Å². The van der Waals surface area contributed by atoms with Crippen molar-refractivity contribution in [3.05, 3.63) is 31.1 Å². The minimum Gasteiger partial charge on any atom is -0.392 e. The average molecular weight is 163 g/mol. The molecule has 5 radical (unpaired) electrons. The Hall–Kier alpha value is -0.0400. The molecule has 0 aromatic heterocycles. The van der Waals surface area contributed by atoms with E-state index in [-0.39, 0.29) is 11.5 Å². The van der Waals surface area contributed by atoms with Gasteiger partial charge in [0, 0.05) is 5.92 Å². The molecular weight excluding hydrogens is 148 g/mol. The second-order valence-corrected chi connectivity index (χ2v) is 4.40. The van der Waals surface area contributed by atoms with Gasteiger partial charge in [-0.2, -0.15) is 0 Å². The van der Waals surface area contributed by atoms with Crippen LogP contribution in [0, 0.1) is 36.5 Å². The van der Waals surface area contributed by atoms with Gasteiger partial charge in [-0.05, 0) is 43.4 Å². The van der Waals surface area contributed by atoms with Crippen LogP contribution >= 0.6 is 0 Å². The highest BCUT2D eigenvalue weighted by Crippen LogP contribution is 2.50. The van der Waals surface area contributed by atoms with E-state index in [1.165, 1.54) is 5.92 Å². The van der Waals surface area contributed by atoms with Gasteiger partial charge in [-0.25, -0.2) is 0 Å². The quantitative estimate of drug-likeness (QED) is 0.578. The van der Waals surface area contributed by atoms with E-state index >= 15 is 0 Å². The minimum atomic E-state index is -0.267. The SMILES string of the molecule is CC1(C)CC[C]2[CH][CH][CH][C]2[C@@H]1O. The van der Waals surface area contributed by atoms with Crippen molar-refractivity contribution in [1.29, 1.82) is 0 Å². The fourth-order valence-corrected chi connectivity index (χ4v) is 1.98. The summed E-state index contributed by atoms with van der Waals surface area (Å²) in [6.45, 7) is 4.27. The molecule has 0 unspecified atom stereocenters. The monoisotopic (exact) mass is 163 g/mol. The summed E-state index contributed by atoms with van der Waals surface area (Å²) in [5, 5.41) is 9.98. The Labute approximate surface area is 75.2 Å². The van der Waals surface area contributed by atoms with Crippen LogP contribution in [-0.2, 0) is 0 Å². The molecule has 0 aromatic carbocycles. The van der Waals surface area contributed by atoms with E-state index in [2.05, 4.69) is 20.3 Å². The fraction of sp³-hybridized carbons (Fsp3) is 0.545. The summed E-state index contributed by atoms with van der Waals surface area (Å²) in [6.07, 6.45) is 8.14. The summed E-state index contributed by atoms with van der Waals surface area (Å²) in [5.74, 6) is 2.48. The molecule has 0 amide bonds. The third kappa shape index (κ3) is 1.19. The summed E-state index contributed by atoms with van der Waals surface area (Å²) in [5.41, 5.74) is 0.0569. The average Bonchev–Trinajstić information content (AvgIpc) is 2.45. The van der Waals surface area contributed by atoms with Gasteiger partial charge in [0.05, 0.1) is 6.10 Å². The van der Waals surface area contributed by atoms with Crippen LogP contribution in [0.3, 0.4) is 0 Å². The topological polar surface area (TPSA) is 20.2 Å². The Bertz CT molecular complexity index is 174. The Morgan fingerprint density at radius 2 is 2.17 bits per heavy atom. The van der Waals surface area contributed by atoms with Crippen LogP contribution in [0.5, 0.6) is 0 Å². The highest BCUT2D eigenvalue weighted by molar-refractivity contribution is 5.48. The molecule has 2 rings (SSSR count). The molecule has 0 spiro atoms. The third-order valence-electron chi connectivity index (χ3n) is 3.02. The molecule has 1 N–H and O–H groups in total. The molecule has 0 aliphatic heterocycles. The normalized spacial score (nSPS) is 36.8. The second kappa shape index (κ2) is 2.73. The first-order chi connectivity index (χ1) is 5.61. The van der Waals surface area contributed by atoms with E-state index < -0.39 is 0 Å². The van der Waals surface area contributed by atoms with E-state index in [1.54, 1.807) is 0 Å². The molecule has 0 aromatic rings. The van der Waals surface area contributed by atoms with E-state index in [1.807, 2.05) is 12.8 Å². The molecule has 0 heterocycles. The molecule has 1 nitrogen and oxygen atoms in total. The lowest BCUT2D eigenvalue weighted by atomic mass is 9.66. The number of hydrogen-bond acceptors (Lipinski definition) is 1. The maximum atomic E-state index is 9.98. The van der Waals surface area contributed by atoms with Gasteiger partial charge in [-0.15, -0.1) is 0 Å². The summed E-state index contributed by atoms with van der Waals surface area (Å²) in [6, 6.07) is 0. The molecule has 0 saturated heterocycles. The number of rotatable bonds is 0. The molecule has 2 aliphatic rings. The molecule has 12 heavy (non-hydrogen) atoms. The van der Waals surface area contributed by atoms with Gasteiger partial charge in [-0.3, -0.25) is 0 Å². The molecule has 1 heteroatoms. The van der Waals surface area contributed by atoms with Crippen LogP contribution < -0.4 is 0 Å². The third-order valence-corrected chi connectivity index (χ3v) is 3.02.